The Morgan fingerprint density at radius 1 is 0.552 bits per heavy atom. The quantitative estimate of drug-likeness (QED) is 0.162. The molecule has 0 bridgehead atoms. The van der Waals surface area contributed by atoms with Gasteiger partial charge in [-0.2, -0.15) is 0 Å². The summed E-state index contributed by atoms with van der Waals surface area (Å²) in [5, 5.41) is 3.73. The summed E-state index contributed by atoms with van der Waals surface area (Å²) in [6, 6.07) is 62.7. The highest BCUT2D eigenvalue weighted by Crippen LogP contribution is 2.45. The Labute approximate surface area is 341 Å². The molecule has 58 heavy (non-hydrogen) atoms. The standard InChI is InChI=1S/C53H38N4S/c1-34-28-44-41-24-11-13-26-47(41)57(48(44)33-43(34)39-23-15-18-36(30-39)29-35-16-5-2-6-17-35)40-31-45-42-25-12-14-27-49(42)58-50(45)46(32-40)53-55-51(37-19-7-3-8-20-37)54-52(56-53)38-21-9-4-10-22-38/h2-27,30-34H,28-29H2,1H3. The van der Waals surface area contributed by atoms with Gasteiger partial charge >= 0.3 is 0 Å². The minimum atomic E-state index is 0.357. The molecule has 0 radical (unpaired) electrons. The Hall–Kier alpha value is -6.95. The third-order valence-corrected chi connectivity index (χ3v) is 12.7. The van der Waals surface area contributed by atoms with Gasteiger partial charge in [-0.05, 0) is 76.9 Å². The number of nitrogens with zero attached hydrogens (tertiary/aromatic N) is 4. The van der Waals surface area contributed by atoms with E-state index in [-0.39, 0.29) is 0 Å². The lowest BCUT2D eigenvalue weighted by Gasteiger charge is -2.24. The van der Waals surface area contributed by atoms with Gasteiger partial charge in [0, 0.05) is 47.9 Å². The van der Waals surface area contributed by atoms with Crippen LogP contribution < -0.4 is 0 Å². The first-order chi connectivity index (χ1) is 28.6. The minimum absolute atomic E-state index is 0.357. The molecule has 0 saturated carbocycles. The fourth-order valence-electron chi connectivity index (χ4n) is 8.77. The lowest BCUT2D eigenvalue weighted by atomic mass is 9.82. The van der Waals surface area contributed by atoms with Crippen LogP contribution in [-0.2, 0) is 12.8 Å². The van der Waals surface area contributed by atoms with E-state index in [0.29, 0.717) is 23.4 Å². The van der Waals surface area contributed by atoms with Gasteiger partial charge in [-0.1, -0.05) is 159 Å². The summed E-state index contributed by atoms with van der Waals surface area (Å²) >= 11 is 1.80. The fraction of sp³-hybridized carbons (Fsp3) is 0.0755. The van der Waals surface area contributed by atoms with E-state index < -0.39 is 0 Å². The second-order valence-corrected chi connectivity index (χ2v) is 16.3. The SMILES string of the molecule is CC1Cc2c(n(-c3cc(-c4nc(-c5ccccc5)nc(-c5ccccc5)n4)c4sc5ccccc5c4c3)c3ccccc23)C=C1c1cccc(Cc2ccccc2)c1. The van der Waals surface area contributed by atoms with Gasteiger partial charge in [-0.15, -0.1) is 11.3 Å². The summed E-state index contributed by atoms with van der Waals surface area (Å²) < 4.78 is 4.89. The topological polar surface area (TPSA) is 43.6 Å². The van der Waals surface area contributed by atoms with E-state index >= 15 is 0 Å². The first-order valence-electron chi connectivity index (χ1n) is 19.9. The summed E-state index contributed by atoms with van der Waals surface area (Å²) in [6.07, 6.45) is 4.33. The van der Waals surface area contributed by atoms with Gasteiger partial charge in [-0.3, -0.25) is 0 Å². The molecule has 0 spiro atoms. The molecule has 1 atom stereocenters. The van der Waals surface area contributed by atoms with E-state index in [2.05, 4.69) is 157 Å². The molecular weight excluding hydrogens is 725 g/mol. The van der Waals surface area contributed by atoms with E-state index in [0.717, 1.165) is 35.2 Å². The van der Waals surface area contributed by atoms with Crippen LogP contribution in [0.1, 0.15) is 34.9 Å². The Balaban J connectivity index is 1.15. The number of para-hydroxylation sites is 1. The minimum Gasteiger partial charge on any atom is -0.310 e. The molecule has 4 nitrogen and oxygen atoms in total. The average Bonchev–Trinajstić information content (AvgIpc) is 3.82. The van der Waals surface area contributed by atoms with E-state index in [1.807, 2.05) is 36.4 Å². The predicted molar refractivity (Wildman–Crippen MR) is 242 cm³/mol. The smallest absolute Gasteiger partial charge is 0.165 e. The van der Waals surface area contributed by atoms with Gasteiger partial charge in [-0.25, -0.2) is 15.0 Å². The summed E-state index contributed by atoms with van der Waals surface area (Å²) in [4.78, 5) is 15.5. The molecule has 1 aliphatic rings. The van der Waals surface area contributed by atoms with Crippen molar-refractivity contribution in [2.24, 2.45) is 5.92 Å². The van der Waals surface area contributed by atoms with Crippen LogP contribution in [0, 0.1) is 5.92 Å². The molecule has 3 heterocycles. The Morgan fingerprint density at radius 2 is 1.16 bits per heavy atom. The number of thiophene rings is 1. The second kappa shape index (κ2) is 14.2. The number of benzene rings is 7. The molecule has 0 aliphatic heterocycles. The van der Waals surface area contributed by atoms with Crippen LogP contribution in [0.4, 0.5) is 0 Å². The average molecular weight is 763 g/mol. The van der Waals surface area contributed by atoms with Crippen LogP contribution in [-0.4, -0.2) is 19.5 Å². The van der Waals surface area contributed by atoms with Crippen LogP contribution in [0.25, 0.3) is 82.6 Å². The summed E-state index contributed by atoms with van der Waals surface area (Å²) in [6.45, 7) is 2.38. The van der Waals surface area contributed by atoms with Gasteiger partial charge < -0.3 is 4.57 Å². The van der Waals surface area contributed by atoms with Crippen molar-refractivity contribution in [3.8, 4) is 39.9 Å². The van der Waals surface area contributed by atoms with Gasteiger partial charge in [0.1, 0.15) is 0 Å². The molecule has 0 amide bonds. The molecule has 0 N–H and O–H groups in total. The van der Waals surface area contributed by atoms with Crippen LogP contribution in [0.3, 0.4) is 0 Å². The number of aromatic nitrogens is 4. The van der Waals surface area contributed by atoms with Crippen molar-refractivity contribution >= 4 is 54.1 Å². The molecule has 276 valence electrons. The molecule has 0 saturated heterocycles. The van der Waals surface area contributed by atoms with E-state index in [4.69, 9.17) is 15.0 Å². The maximum absolute atomic E-state index is 5.26. The normalized spacial score (nSPS) is 13.9. The molecule has 7 aromatic carbocycles. The third-order valence-electron chi connectivity index (χ3n) is 11.5. The van der Waals surface area contributed by atoms with E-state index in [9.17, 15) is 0 Å². The number of allylic oxidation sites excluding steroid dienone is 1. The monoisotopic (exact) mass is 762 g/mol. The number of rotatable bonds is 7. The third kappa shape index (κ3) is 6.03. The molecule has 1 aliphatic carbocycles. The zero-order chi connectivity index (χ0) is 38.6. The van der Waals surface area contributed by atoms with Crippen molar-refractivity contribution in [1.82, 2.24) is 19.5 Å². The molecule has 3 aromatic heterocycles. The summed E-state index contributed by atoms with van der Waals surface area (Å²) in [5.74, 6) is 2.33. The lowest BCUT2D eigenvalue weighted by molar-refractivity contribution is 0.738. The lowest BCUT2D eigenvalue weighted by Crippen LogP contribution is -2.11. The van der Waals surface area contributed by atoms with Gasteiger partial charge in [0.05, 0.1) is 11.2 Å². The van der Waals surface area contributed by atoms with Crippen molar-refractivity contribution < 1.29 is 0 Å². The van der Waals surface area contributed by atoms with E-state index in [1.54, 1.807) is 11.3 Å². The maximum atomic E-state index is 5.26. The number of hydrogen-bond donors (Lipinski definition) is 0. The van der Waals surface area contributed by atoms with Crippen molar-refractivity contribution in [3.63, 3.8) is 0 Å². The van der Waals surface area contributed by atoms with Gasteiger partial charge in [0.15, 0.2) is 17.5 Å². The Bertz CT molecular complexity index is 3120. The molecule has 1 unspecified atom stereocenters. The van der Waals surface area contributed by atoms with E-state index in [1.165, 1.54) is 64.6 Å². The number of fused-ring (bicyclic) bond motifs is 6. The Morgan fingerprint density at radius 3 is 1.90 bits per heavy atom. The first-order valence-corrected chi connectivity index (χ1v) is 20.8. The summed E-state index contributed by atoms with van der Waals surface area (Å²) in [7, 11) is 0. The Kier molecular flexibility index (Phi) is 8.41. The highest BCUT2D eigenvalue weighted by Gasteiger charge is 2.27. The van der Waals surface area contributed by atoms with Crippen LogP contribution in [0.2, 0.25) is 0 Å². The first kappa shape index (κ1) is 34.3. The number of hydrogen-bond acceptors (Lipinski definition) is 4. The fourth-order valence-corrected chi connectivity index (χ4v) is 9.97. The van der Waals surface area contributed by atoms with Crippen molar-refractivity contribution in [3.05, 3.63) is 204 Å². The van der Waals surface area contributed by atoms with Crippen LogP contribution in [0.15, 0.2) is 176 Å². The zero-order valence-corrected chi connectivity index (χ0v) is 32.8. The molecule has 5 heteroatoms. The molecule has 11 rings (SSSR count). The van der Waals surface area contributed by atoms with Crippen LogP contribution >= 0.6 is 11.3 Å². The second-order valence-electron chi connectivity index (χ2n) is 15.3. The highest BCUT2D eigenvalue weighted by atomic mass is 32.1. The van der Waals surface area contributed by atoms with Crippen molar-refractivity contribution in [2.45, 2.75) is 19.8 Å². The molecular formula is C53H38N4S. The highest BCUT2D eigenvalue weighted by molar-refractivity contribution is 7.26. The molecule has 0 fully saturated rings. The van der Waals surface area contributed by atoms with Gasteiger partial charge in [0.2, 0.25) is 0 Å². The zero-order valence-electron chi connectivity index (χ0n) is 32.0. The van der Waals surface area contributed by atoms with Crippen molar-refractivity contribution in [2.75, 3.05) is 0 Å². The van der Waals surface area contributed by atoms with Crippen molar-refractivity contribution in [1.29, 1.82) is 0 Å². The van der Waals surface area contributed by atoms with Gasteiger partial charge in [0.25, 0.3) is 0 Å². The predicted octanol–water partition coefficient (Wildman–Crippen LogP) is 13.5. The van der Waals surface area contributed by atoms with Crippen LogP contribution in [0.5, 0.6) is 0 Å². The largest absolute Gasteiger partial charge is 0.310 e. The maximum Gasteiger partial charge on any atom is 0.165 e. The molecule has 10 aromatic rings. The summed E-state index contributed by atoms with van der Waals surface area (Å²) in [5.41, 5.74) is 13.1.